The number of amides is 1. The van der Waals surface area contributed by atoms with Crippen molar-refractivity contribution in [2.45, 2.75) is 29.7 Å². The van der Waals surface area contributed by atoms with E-state index in [9.17, 15) is 13.2 Å². The third-order valence-electron chi connectivity index (χ3n) is 3.37. The molecule has 0 unspecified atom stereocenters. The van der Waals surface area contributed by atoms with Crippen LogP contribution in [0.5, 0.6) is 0 Å². The van der Waals surface area contributed by atoms with Crippen molar-refractivity contribution < 1.29 is 13.2 Å². The minimum atomic E-state index is -3.54. The molecule has 0 fully saturated rings. The SMILES string of the molecule is CSc1ccc(/C=C/C(=O)Nc2ccc(S(=O)(=O)NC(C)C)cc2)cc1. The van der Waals surface area contributed by atoms with Gasteiger partial charge in [0.15, 0.2) is 0 Å². The van der Waals surface area contributed by atoms with Crippen molar-refractivity contribution in [2.75, 3.05) is 11.6 Å². The molecule has 0 saturated carbocycles. The predicted octanol–water partition coefficient (Wildman–Crippen LogP) is 3.75. The molecule has 0 atom stereocenters. The van der Waals surface area contributed by atoms with E-state index in [1.54, 1.807) is 43.8 Å². The van der Waals surface area contributed by atoms with Crippen LogP contribution >= 0.6 is 11.8 Å². The van der Waals surface area contributed by atoms with Gasteiger partial charge >= 0.3 is 0 Å². The Kier molecular flexibility index (Phi) is 7.02. The van der Waals surface area contributed by atoms with Gasteiger partial charge < -0.3 is 5.32 Å². The Morgan fingerprint density at radius 3 is 2.19 bits per heavy atom. The van der Waals surface area contributed by atoms with Gasteiger partial charge in [0.1, 0.15) is 0 Å². The van der Waals surface area contributed by atoms with Crippen LogP contribution in [0.2, 0.25) is 0 Å². The Bertz CT molecular complexity index is 872. The van der Waals surface area contributed by atoms with Crippen molar-refractivity contribution in [1.82, 2.24) is 4.72 Å². The van der Waals surface area contributed by atoms with E-state index >= 15 is 0 Å². The normalized spacial score (nSPS) is 11.8. The molecule has 0 aliphatic rings. The molecular formula is C19H22N2O3S2. The number of benzene rings is 2. The number of carbonyl (C=O) groups is 1. The summed E-state index contributed by atoms with van der Waals surface area (Å²) in [5, 5.41) is 2.71. The molecule has 2 aromatic rings. The maximum atomic E-state index is 12.1. The molecule has 0 heterocycles. The summed E-state index contributed by atoms with van der Waals surface area (Å²) < 4.78 is 26.7. The largest absolute Gasteiger partial charge is 0.323 e. The smallest absolute Gasteiger partial charge is 0.248 e. The van der Waals surface area contributed by atoms with Gasteiger partial charge in [0.05, 0.1) is 4.90 Å². The minimum absolute atomic E-state index is 0.161. The van der Waals surface area contributed by atoms with Gasteiger partial charge in [-0.05, 0) is 68.1 Å². The number of rotatable bonds is 7. The predicted molar refractivity (Wildman–Crippen MR) is 108 cm³/mol. The summed E-state index contributed by atoms with van der Waals surface area (Å²) in [7, 11) is -3.54. The Morgan fingerprint density at radius 2 is 1.65 bits per heavy atom. The lowest BCUT2D eigenvalue weighted by atomic mass is 10.2. The standard InChI is InChI=1S/C19H22N2O3S2/c1-14(2)21-26(23,24)18-11-7-16(8-12-18)20-19(22)13-6-15-4-9-17(25-3)10-5-15/h4-14,21H,1-3H3,(H,20,22)/b13-6+. The molecule has 0 spiro atoms. The third kappa shape index (κ3) is 6.01. The first-order valence-electron chi connectivity index (χ1n) is 8.05. The van der Waals surface area contributed by atoms with Crippen LogP contribution in [-0.2, 0) is 14.8 Å². The zero-order valence-corrected chi connectivity index (χ0v) is 16.5. The molecule has 0 radical (unpaired) electrons. The highest BCUT2D eigenvalue weighted by Crippen LogP contribution is 2.16. The monoisotopic (exact) mass is 390 g/mol. The van der Waals surface area contributed by atoms with Crippen molar-refractivity contribution in [3.63, 3.8) is 0 Å². The molecule has 0 aliphatic heterocycles. The molecule has 5 nitrogen and oxygen atoms in total. The van der Waals surface area contributed by atoms with E-state index < -0.39 is 10.0 Å². The van der Waals surface area contributed by atoms with Crippen LogP contribution in [0.1, 0.15) is 19.4 Å². The fourth-order valence-electron chi connectivity index (χ4n) is 2.17. The Balaban J connectivity index is 1.99. The van der Waals surface area contributed by atoms with Crippen LogP contribution in [0, 0.1) is 0 Å². The van der Waals surface area contributed by atoms with Crippen molar-refractivity contribution in [2.24, 2.45) is 0 Å². The molecule has 0 saturated heterocycles. The van der Waals surface area contributed by atoms with Gasteiger partial charge in [-0.1, -0.05) is 12.1 Å². The second kappa shape index (κ2) is 9.02. The van der Waals surface area contributed by atoms with Crippen molar-refractivity contribution in [1.29, 1.82) is 0 Å². The zero-order chi connectivity index (χ0) is 19.2. The third-order valence-corrected chi connectivity index (χ3v) is 5.78. The molecular weight excluding hydrogens is 368 g/mol. The van der Waals surface area contributed by atoms with E-state index in [1.807, 2.05) is 30.5 Å². The fourth-order valence-corrected chi connectivity index (χ4v) is 3.83. The van der Waals surface area contributed by atoms with Gasteiger partial charge in [0, 0.05) is 22.7 Å². The van der Waals surface area contributed by atoms with Crippen LogP contribution in [-0.4, -0.2) is 26.6 Å². The molecule has 7 heteroatoms. The highest BCUT2D eigenvalue weighted by atomic mass is 32.2. The molecule has 1 amide bonds. The van der Waals surface area contributed by atoms with E-state index in [0.29, 0.717) is 5.69 Å². The first kappa shape index (κ1) is 20.2. The number of carbonyl (C=O) groups excluding carboxylic acids is 1. The van der Waals surface area contributed by atoms with Crippen LogP contribution in [0.25, 0.3) is 6.08 Å². The second-order valence-corrected chi connectivity index (χ2v) is 8.49. The van der Waals surface area contributed by atoms with Gasteiger partial charge in [-0.15, -0.1) is 11.8 Å². The molecule has 2 N–H and O–H groups in total. The maximum Gasteiger partial charge on any atom is 0.248 e. The van der Waals surface area contributed by atoms with Crippen molar-refractivity contribution in [3.8, 4) is 0 Å². The topological polar surface area (TPSA) is 75.3 Å². The number of thioether (sulfide) groups is 1. The molecule has 0 bridgehead atoms. The molecule has 2 rings (SSSR count). The average molecular weight is 391 g/mol. The van der Waals surface area contributed by atoms with Crippen LogP contribution < -0.4 is 10.0 Å². The molecule has 2 aromatic carbocycles. The average Bonchev–Trinajstić information content (AvgIpc) is 2.60. The molecule has 0 aliphatic carbocycles. The number of anilines is 1. The zero-order valence-electron chi connectivity index (χ0n) is 14.9. The number of sulfonamides is 1. The quantitative estimate of drug-likeness (QED) is 0.558. The summed E-state index contributed by atoms with van der Waals surface area (Å²) >= 11 is 1.66. The first-order valence-corrected chi connectivity index (χ1v) is 10.8. The second-order valence-electron chi connectivity index (χ2n) is 5.90. The maximum absolute atomic E-state index is 12.1. The summed E-state index contributed by atoms with van der Waals surface area (Å²) in [5.41, 5.74) is 1.46. The summed E-state index contributed by atoms with van der Waals surface area (Å²) in [5.74, 6) is -0.283. The van der Waals surface area contributed by atoms with Gasteiger partial charge in [-0.3, -0.25) is 4.79 Å². The van der Waals surface area contributed by atoms with Gasteiger partial charge in [0.25, 0.3) is 0 Å². The van der Waals surface area contributed by atoms with E-state index in [0.717, 1.165) is 10.5 Å². The van der Waals surface area contributed by atoms with Crippen LogP contribution in [0.3, 0.4) is 0 Å². The summed E-state index contributed by atoms with van der Waals surface area (Å²) in [4.78, 5) is 13.3. The first-order chi connectivity index (χ1) is 12.3. The highest BCUT2D eigenvalue weighted by Gasteiger charge is 2.14. The van der Waals surface area contributed by atoms with Gasteiger partial charge in [-0.2, -0.15) is 0 Å². The number of hydrogen-bond donors (Lipinski definition) is 2. The van der Waals surface area contributed by atoms with Crippen molar-refractivity contribution in [3.05, 3.63) is 60.2 Å². The highest BCUT2D eigenvalue weighted by molar-refractivity contribution is 7.98. The van der Waals surface area contributed by atoms with E-state index in [1.165, 1.54) is 18.2 Å². The number of nitrogens with one attached hydrogen (secondary N) is 2. The summed E-state index contributed by atoms with van der Waals surface area (Å²) in [6.45, 7) is 3.51. The number of hydrogen-bond acceptors (Lipinski definition) is 4. The summed E-state index contributed by atoms with van der Waals surface area (Å²) in [6.07, 6.45) is 5.18. The van der Waals surface area contributed by atoms with Crippen LogP contribution in [0.4, 0.5) is 5.69 Å². The Hall–Kier alpha value is -2.09. The Labute approximate surface area is 158 Å². The van der Waals surface area contributed by atoms with E-state index in [2.05, 4.69) is 10.0 Å². The molecule has 26 heavy (non-hydrogen) atoms. The summed E-state index contributed by atoms with van der Waals surface area (Å²) in [6, 6.07) is 13.7. The lowest BCUT2D eigenvalue weighted by molar-refractivity contribution is -0.111. The minimum Gasteiger partial charge on any atom is -0.323 e. The van der Waals surface area contributed by atoms with Gasteiger partial charge in [0.2, 0.25) is 15.9 Å². The lowest BCUT2D eigenvalue weighted by Gasteiger charge is -2.10. The van der Waals surface area contributed by atoms with Gasteiger partial charge in [-0.25, -0.2) is 13.1 Å². The van der Waals surface area contributed by atoms with Crippen LogP contribution in [0.15, 0.2) is 64.4 Å². The Morgan fingerprint density at radius 1 is 1.04 bits per heavy atom. The van der Waals surface area contributed by atoms with Crippen molar-refractivity contribution >= 4 is 39.5 Å². The van der Waals surface area contributed by atoms with E-state index in [4.69, 9.17) is 0 Å². The molecule has 0 aromatic heterocycles. The van der Waals surface area contributed by atoms with E-state index in [-0.39, 0.29) is 16.8 Å². The molecule has 138 valence electrons. The lowest BCUT2D eigenvalue weighted by Crippen LogP contribution is -2.30. The fraction of sp³-hybridized carbons (Fsp3) is 0.211.